The Balaban J connectivity index is 2.27. The van der Waals surface area contributed by atoms with Crippen molar-refractivity contribution >= 4 is 34.8 Å². The fraction of sp³-hybridized carbons (Fsp3) is 0.133. The van der Waals surface area contributed by atoms with Gasteiger partial charge >= 0.3 is 6.18 Å². The van der Waals surface area contributed by atoms with Crippen LogP contribution in [-0.4, -0.2) is 5.91 Å². The highest BCUT2D eigenvalue weighted by atomic mass is 35.5. The zero-order chi connectivity index (χ0) is 16.5. The lowest BCUT2D eigenvalue weighted by molar-refractivity contribution is -0.137. The predicted molar refractivity (Wildman–Crippen MR) is 80.6 cm³/mol. The molecule has 1 N–H and O–H groups in total. The number of rotatable bonds is 2. The average molecular weight is 348 g/mol. The molecule has 22 heavy (non-hydrogen) atoms. The molecule has 0 fully saturated rings. The molecule has 2 nitrogen and oxygen atoms in total. The standard InChI is InChI=1S/C15H10Cl2F3NO/c1-8-2-3-9(6-13(8)17)14(22)21-10-4-5-12(16)11(7-10)15(18,19)20/h2-7H,1H3,(H,21,22). The van der Waals surface area contributed by atoms with Crippen LogP contribution in [0.4, 0.5) is 18.9 Å². The van der Waals surface area contributed by atoms with Gasteiger partial charge in [0.1, 0.15) is 0 Å². The molecule has 0 aliphatic carbocycles. The van der Waals surface area contributed by atoms with Crippen molar-refractivity contribution in [1.82, 2.24) is 0 Å². The Bertz CT molecular complexity index is 729. The summed E-state index contributed by atoms with van der Waals surface area (Å²) in [4.78, 5) is 12.0. The van der Waals surface area contributed by atoms with Crippen molar-refractivity contribution in [2.45, 2.75) is 13.1 Å². The summed E-state index contributed by atoms with van der Waals surface area (Å²) in [6.45, 7) is 1.78. The highest BCUT2D eigenvalue weighted by Gasteiger charge is 2.33. The quantitative estimate of drug-likeness (QED) is 0.755. The maximum absolute atomic E-state index is 12.8. The summed E-state index contributed by atoms with van der Waals surface area (Å²) in [5, 5.41) is 2.36. The van der Waals surface area contributed by atoms with Gasteiger partial charge in [-0.1, -0.05) is 29.3 Å². The topological polar surface area (TPSA) is 29.1 Å². The summed E-state index contributed by atoms with van der Waals surface area (Å²) in [6.07, 6.45) is -4.59. The second kappa shape index (κ2) is 6.18. The van der Waals surface area contributed by atoms with Gasteiger partial charge in [-0.2, -0.15) is 13.2 Å². The number of carbonyl (C=O) groups is 1. The molecule has 0 bridgehead atoms. The van der Waals surface area contributed by atoms with Crippen LogP contribution in [0.5, 0.6) is 0 Å². The number of carbonyl (C=O) groups excluding carboxylic acids is 1. The second-order valence-electron chi connectivity index (χ2n) is 4.61. The van der Waals surface area contributed by atoms with E-state index in [-0.39, 0.29) is 11.3 Å². The third-order valence-corrected chi connectivity index (χ3v) is 3.70. The second-order valence-corrected chi connectivity index (χ2v) is 5.42. The lowest BCUT2D eigenvalue weighted by atomic mass is 10.1. The zero-order valence-electron chi connectivity index (χ0n) is 11.3. The first-order valence-corrected chi connectivity index (χ1v) is 6.88. The Morgan fingerprint density at radius 3 is 2.32 bits per heavy atom. The number of halogens is 5. The summed E-state index contributed by atoms with van der Waals surface area (Å²) < 4.78 is 38.3. The number of hydrogen-bond acceptors (Lipinski definition) is 1. The van der Waals surface area contributed by atoms with Gasteiger partial charge in [-0.25, -0.2) is 0 Å². The minimum Gasteiger partial charge on any atom is -0.322 e. The fourth-order valence-corrected chi connectivity index (χ4v) is 2.16. The van der Waals surface area contributed by atoms with E-state index in [2.05, 4.69) is 5.32 Å². The minimum atomic E-state index is -4.59. The van der Waals surface area contributed by atoms with Gasteiger partial charge in [-0.3, -0.25) is 4.79 Å². The minimum absolute atomic E-state index is 0.00146. The van der Waals surface area contributed by atoms with E-state index in [4.69, 9.17) is 23.2 Å². The summed E-state index contributed by atoms with van der Waals surface area (Å²) in [5.41, 5.74) is 0.0375. The van der Waals surface area contributed by atoms with Gasteiger partial charge in [0.05, 0.1) is 10.6 Å². The number of hydrogen-bond donors (Lipinski definition) is 1. The van der Waals surface area contributed by atoms with Crippen LogP contribution in [0.25, 0.3) is 0 Å². The van der Waals surface area contributed by atoms with E-state index in [0.717, 1.165) is 17.7 Å². The summed E-state index contributed by atoms with van der Waals surface area (Å²) in [5.74, 6) is -0.558. The van der Waals surface area contributed by atoms with Crippen molar-refractivity contribution in [2.75, 3.05) is 5.32 Å². The van der Waals surface area contributed by atoms with E-state index in [1.165, 1.54) is 18.2 Å². The number of alkyl halides is 3. The molecule has 0 heterocycles. The third kappa shape index (κ3) is 3.72. The molecule has 0 aliphatic heterocycles. The molecule has 2 aromatic carbocycles. The normalized spacial score (nSPS) is 11.4. The third-order valence-electron chi connectivity index (χ3n) is 2.96. The number of anilines is 1. The molecule has 1 amide bonds. The van der Waals surface area contributed by atoms with Crippen LogP contribution in [0.2, 0.25) is 10.0 Å². The van der Waals surface area contributed by atoms with Crippen molar-refractivity contribution in [2.24, 2.45) is 0 Å². The molecule has 116 valence electrons. The molecule has 0 unspecified atom stereocenters. The van der Waals surface area contributed by atoms with Gasteiger partial charge in [0, 0.05) is 16.3 Å². The molecule has 0 spiro atoms. The van der Waals surface area contributed by atoms with E-state index in [9.17, 15) is 18.0 Å². The van der Waals surface area contributed by atoms with Crippen molar-refractivity contribution in [3.05, 3.63) is 63.1 Å². The van der Waals surface area contributed by atoms with Crippen LogP contribution in [-0.2, 0) is 6.18 Å². The maximum atomic E-state index is 12.8. The Kier molecular flexibility index (Phi) is 4.68. The maximum Gasteiger partial charge on any atom is 0.417 e. The Labute approximate surface area is 134 Å². The highest BCUT2D eigenvalue weighted by molar-refractivity contribution is 6.32. The van der Waals surface area contributed by atoms with E-state index in [0.29, 0.717) is 5.02 Å². The van der Waals surface area contributed by atoms with E-state index in [1.807, 2.05) is 0 Å². The Morgan fingerprint density at radius 2 is 1.73 bits per heavy atom. The van der Waals surface area contributed by atoms with E-state index < -0.39 is 22.7 Å². The van der Waals surface area contributed by atoms with Crippen molar-refractivity contribution in [1.29, 1.82) is 0 Å². The van der Waals surface area contributed by atoms with Crippen LogP contribution in [0.15, 0.2) is 36.4 Å². The van der Waals surface area contributed by atoms with Crippen molar-refractivity contribution < 1.29 is 18.0 Å². The van der Waals surface area contributed by atoms with Crippen LogP contribution in [0.1, 0.15) is 21.5 Å². The lowest BCUT2D eigenvalue weighted by Crippen LogP contribution is -2.13. The molecule has 0 saturated heterocycles. The monoisotopic (exact) mass is 347 g/mol. The molecule has 0 radical (unpaired) electrons. The van der Waals surface area contributed by atoms with Crippen molar-refractivity contribution in [3.8, 4) is 0 Å². The summed E-state index contributed by atoms with van der Waals surface area (Å²) in [7, 11) is 0. The molecule has 7 heteroatoms. The summed E-state index contributed by atoms with van der Waals surface area (Å²) in [6, 6.07) is 7.81. The first-order chi connectivity index (χ1) is 10.2. The first kappa shape index (κ1) is 16.6. The molecular formula is C15H10Cl2F3NO. The van der Waals surface area contributed by atoms with Crippen LogP contribution < -0.4 is 5.32 Å². The fourth-order valence-electron chi connectivity index (χ4n) is 1.76. The van der Waals surface area contributed by atoms with Gasteiger partial charge in [-0.15, -0.1) is 0 Å². The average Bonchev–Trinajstić information content (AvgIpc) is 2.42. The molecule has 0 aromatic heterocycles. The number of amides is 1. The SMILES string of the molecule is Cc1ccc(C(=O)Nc2ccc(Cl)c(C(F)(F)F)c2)cc1Cl. The van der Waals surface area contributed by atoms with Crippen molar-refractivity contribution in [3.63, 3.8) is 0 Å². The predicted octanol–water partition coefficient (Wildman–Crippen LogP) is 5.57. The van der Waals surface area contributed by atoms with Gasteiger partial charge in [0.2, 0.25) is 0 Å². The lowest BCUT2D eigenvalue weighted by Gasteiger charge is -2.12. The first-order valence-electron chi connectivity index (χ1n) is 6.13. The number of benzene rings is 2. The van der Waals surface area contributed by atoms with E-state index >= 15 is 0 Å². The van der Waals surface area contributed by atoms with E-state index in [1.54, 1.807) is 13.0 Å². The number of nitrogens with one attached hydrogen (secondary N) is 1. The van der Waals surface area contributed by atoms with Crippen LogP contribution in [0, 0.1) is 6.92 Å². The number of aryl methyl sites for hydroxylation is 1. The molecule has 2 rings (SSSR count). The summed E-state index contributed by atoms with van der Waals surface area (Å²) >= 11 is 11.4. The largest absolute Gasteiger partial charge is 0.417 e. The smallest absolute Gasteiger partial charge is 0.322 e. The Hall–Kier alpha value is -1.72. The van der Waals surface area contributed by atoms with Crippen LogP contribution >= 0.6 is 23.2 Å². The molecule has 0 saturated carbocycles. The molecular weight excluding hydrogens is 338 g/mol. The van der Waals surface area contributed by atoms with Gasteiger partial charge < -0.3 is 5.32 Å². The highest BCUT2D eigenvalue weighted by Crippen LogP contribution is 2.36. The van der Waals surface area contributed by atoms with Gasteiger partial charge in [-0.05, 0) is 42.8 Å². The van der Waals surface area contributed by atoms with Gasteiger partial charge in [0.15, 0.2) is 0 Å². The van der Waals surface area contributed by atoms with Crippen LogP contribution in [0.3, 0.4) is 0 Å². The Morgan fingerprint density at radius 1 is 1.05 bits per heavy atom. The van der Waals surface area contributed by atoms with Gasteiger partial charge in [0.25, 0.3) is 5.91 Å². The molecule has 0 aliphatic rings. The molecule has 2 aromatic rings. The zero-order valence-corrected chi connectivity index (χ0v) is 12.8. The molecule has 0 atom stereocenters.